The van der Waals surface area contributed by atoms with E-state index in [0.29, 0.717) is 22.6 Å². The summed E-state index contributed by atoms with van der Waals surface area (Å²) in [6, 6.07) is 12.6. The summed E-state index contributed by atoms with van der Waals surface area (Å²) in [5, 5.41) is 12.5. The first-order valence-corrected chi connectivity index (χ1v) is 10.6. The van der Waals surface area contributed by atoms with Crippen molar-refractivity contribution in [3.05, 3.63) is 76.8 Å². The average molecular weight is 420 g/mol. The first-order chi connectivity index (χ1) is 14.8. The fraction of sp³-hybridized carbons (Fsp3) is 0.320. The maximum atomic E-state index is 13.8. The largest absolute Gasteiger partial charge is 0.482 e. The van der Waals surface area contributed by atoms with E-state index < -0.39 is 11.4 Å². The van der Waals surface area contributed by atoms with Crippen LogP contribution < -0.4 is 5.32 Å². The van der Waals surface area contributed by atoms with E-state index in [0.717, 1.165) is 37.2 Å². The molecule has 5 nitrogen and oxygen atoms in total. The Balaban J connectivity index is 1.46. The minimum Gasteiger partial charge on any atom is -0.482 e. The number of allylic oxidation sites excluding steroid dienone is 1. The second-order valence-electron chi connectivity index (χ2n) is 8.93. The van der Waals surface area contributed by atoms with E-state index in [9.17, 15) is 14.3 Å². The minimum atomic E-state index is -0.626. The molecular formula is C25H25FN2O3. The average Bonchev–Trinajstić information content (AvgIpc) is 3.36. The molecule has 1 saturated heterocycles. The highest BCUT2D eigenvalue weighted by Gasteiger charge is 2.38. The van der Waals surface area contributed by atoms with Gasteiger partial charge >= 0.3 is 0 Å². The lowest BCUT2D eigenvalue weighted by Crippen LogP contribution is -2.22. The molecule has 0 spiro atoms. The summed E-state index contributed by atoms with van der Waals surface area (Å²) < 4.78 is 20.0. The second kappa shape index (κ2) is 7.32. The van der Waals surface area contributed by atoms with Gasteiger partial charge in [0.25, 0.3) is 5.91 Å². The number of amides is 1. The van der Waals surface area contributed by atoms with Gasteiger partial charge in [0.1, 0.15) is 17.2 Å². The molecule has 0 bridgehead atoms. The monoisotopic (exact) mass is 420 g/mol. The number of aliphatic hydroxyl groups excluding tert-OH is 1. The molecule has 6 heteroatoms. The Morgan fingerprint density at radius 2 is 2.00 bits per heavy atom. The Morgan fingerprint density at radius 1 is 1.23 bits per heavy atom. The highest BCUT2D eigenvalue weighted by Crippen LogP contribution is 2.44. The number of carbonyl (C=O) groups is 1. The van der Waals surface area contributed by atoms with Gasteiger partial charge < -0.3 is 15.2 Å². The Bertz CT molecular complexity index is 1120. The maximum Gasteiger partial charge on any atom is 0.260 e. The zero-order chi connectivity index (χ0) is 21.8. The molecule has 1 unspecified atom stereocenters. The molecule has 160 valence electrons. The molecule has 3 aliphatic heterocycles. The summed E-state index contributed by atoms with van der Waals surface area (Å²) in [5.41, 5.74) is 4.03. The van der Waals surface area contributed by atoms with E-state index in [-0.39, 0.29) is 12.0 Å². The molecule has 2 aromatic rings. The van der Waals surface area contributed by atoms with Crippen molar-refractivity contribution < 1.29 is 19.0 Å². The van der Waals surface area contributed by atoms with Crippen LogP contribution in [0, 0.1) is 5.82 Å². The lowest BCUT2D eigenvalue weighted by Gasteiger charge is -2.24. The van der Waals surface area contributed by atoms with Crippen LogP contribution in [0.1, 0.15) is 37.0 Å². The number of likely N-dealkylation sites (tertiary alicyclic amines) is 1. The Morgan fingerprint density at radius 3 is 2.71 bits per heavy atom. The topological polar surface area (TPSA) is 61.8 Å². The highest BCUT2D eigenvalue weighted by molar-refractivity contribution is 6.32. The van der Waals surface area contributed by atoms with Crippen LogP contribution >= 0.6 is 0 Å². The summed E-state index contributed by atoms with van der Waals surface area (Å²) in [7, 11) is 0. The van der Waals surface area contributed by atoms with Gasteiger partial charge in [-0.1, -0.05) is 24.3 Å². The molecule has 3 heterocycles. The van der Waals surface area contributed by atoms with E-state index in [4.69, 9.17) is 4.74 Å². The third kappa shape index (κ3) is 3.66. The molecule has 5 rings (SSSR count). The van der Waals surface area contributed by atoms with Gasteiger partial charge in [-0.3, -0.25) is 9.69 Å². The molecule has 0 aliphatic carbocycles. The molecule has 2 aromatic carbocycles. The normalized spacial score (nSPS) is 24.7. The van der Waals surface area contributed by atoms with Crippen LogP contribution in [0.4, 0.5) is 10.1 Å². The zero-order valence-corrected chi connectivity index (χ0v) is 17.6. The van der Waals surface area contributed by atoms with Crippen LogP contribution in [-0.4, -0.2) is 40.7 Å². The smallest absolute Gasteiger partial charge is 0.260 e. The van der Waals surface area contributed by atoms with Crippen molar-refractivity contribution in [3.8, 4) is 0 Å². The highest BCUT2D eigenvalue weighted by atomic mass is 19.1. The van der Waals surface area contributed by atoms with Gasteiger partial charge in [-0.25, -0.2) is 4.39 Å². The Labute approximate surface area is 180 Å². The van der Waals surface area contributed by atoms with Crippen LogP contribution in [0.2, 0.25) is 0 Å². The molecular weight excluding hydrogens is 395 g/mol. The molecule has 2 N–H and O–H groups in total. The quantitative estimate of drug-likeness (QED) is 0.739. The summed E-state index contributed by atoms with van der Waals surface area (Å²) >= 11 is 0. The van der Waals surface area contributed by atoms with Crippen LogP contribution in [0.15, 0.2) is 54.3 Å². The molecule has 1 amide bonds. The summed E-state index contributed by atoms with van der Waals surface area (Å²) in [6.45, 7) is 6.37. The predicted octanol–water partition coefficient (Wildman–Crippen LogP) is 3.95. The third-order valence-electron chi connectivity index (χ3n) is 6.18. The van der Waals surface area contributed by atoms with Crippen LogP contribution in [0.5, 0.6) is 0 Å². The van der Waals surface area contributed by atoms with Crippen molar-refractivity contribution in [3.63, 3.8) is 0 Å². The number of benzene rings is 2. The first kappa shape index (κ1) is 20.0. The number of hydrogen-bond donors (Lipinski definition) is 2. The van der Waals surface area contributed by atoms with Crippen LogP contribution in [-0.2, 0) is 16.1 Å². The van der Waals surface area contributed by atoms with Gasteiger partial charge in [0, 0.05) is 36.5 Å². The Hall–Kier alpha value is -2.96. The fourth-order valence-corrected chi connectivity index (χ4v) is 4.61. The first-order valence-electron chi connectivity index (χ1n) is 10.6. The lowest BCUT2D eigenvalue weighted by molar-refractivity contribution is -0.111. The van der Waals surface area contributed by atoms with E-state index in [1.165, 1.54) is 17.7 Å². The van der Waals surface area contributed by atoms with Crippen molar-refractivity contribution in [1.29, 1.82) is 0 Å². The zero-order valence-electron chi connectivity index (χ0n) is 17.6. The number of rotatable bonds is 3. The van der Waals surface area contributed by atoms with Crippen LogP contribution in [0.3, 0.4) is 0 Å². The predicted molar refractivity (Wildman–Crippen MR) is 117 cm³/mol. The van der Waals surface area contributed by atoms with Crippen molar-refractivity contribution in [2.45, 2.75) is 38.5 Å². The van der Waals surface area contributed by atoms with E-state index in [2.05, 4.69) is 34.5 Å². The third-order valence-corrected chi connectivity index (χ3v) is 6.18. The van der Waals surface area contributed by atoms with E-state index in [1.807, 2.05) is 19.9 Å². The number of hydrogen-bond acceptors (Lipinski definition) is 4. The van der Waals surface area contributed by atoms with E-state index >= 15 is 0 Å². The van der Waals surface area contributed by atoms with Gasteiger partial charge in [0.2, 0.25) is 0 Å². The number of aliphatic hydroxyl groups is 1. The van der Waals surface area contributed by atoms with Gasteiger partial charge in [0.15, 0.2) is 0 Å². The number of β-amino-alcohol motifs (C(OH)–C–C–N with tert-alkyl or cyclic N) is 1. The number of halogens is 1. The van der Waals surface area contributed by atoms with E-state index in [1.54, 1.807) is 6.07 Å². The Kier molecular flexibility index (Phi) is 4.72. The number of ether oxygens (including phenoxy) is 1. The minimum absolute atomic E-state index is 0.223. The number of anilines is 1. The van der Waals surface area contributed by atoms with Gasteiger partial charge in [-0.15, -0.1) is 0 Å². The van der Waals surface area contributed by atoms with Crippen LogP contribution in [0.25, 0.3) is 11.1 Å². The van der Waals surface area contributed by atoms with Crippen molar-refractivity contribution in [2.75, 3.05) is 18.4 Å². The number of fused-ring (bicyclic) bond motifs is 1. The van der Waals surface area contributed by atoms with Crippen molar-refractivity contribution in [2.24, 2.45) is 0 Å². The fourth-order valence-electron chi connectivity index (χ4n) is 4.61. The standard InChI is InChI=1S/C25H25FN2O3/c1-25(2)20(16-5-3-15(4-6-16)13-28-10-9-18(29)14-28)12-22(31-25)23-19-11-17(26)7-8-21(19)27-24(23)30/h3-8,11-12,18,29H,9-10,13-14H2,1-2H3,(H,27,30)/b23-22+. The number of nitrogens with one attached hydrogen (secondary N) is 1. The van der Waals surface area contributed by atoms with Gasteiger partial charge in [0.05, 0.1) is 11.7 Å². The molecule has 1 atom stereocenters. The second-order valence-corrected chi connectivity index (χ2v) is 8.93. The molecule has 0 radical (unpaired) electrons. The maximum absolute atomic E-state index is 13.8. The molecule has 0 aromatic heterocycles. The number of carbonyl (C=O) groups excluding carboxylic acids is 1. The van der Waals surface area contributed by atoms with Crippen molar-refractivity contribution >= 4 is 22.7 Å². The summed E-state index contributed by atoms with van der Waals surface area (Å²) in [5.74, 6) is -0.222. The van der Waals surface area contributed by atoms with Gasteiger partial charge in [-0.2, -0.15) is 0 Å². The lowest BCUT2D eigenvalue weighted by atomic mass is 9.91. The summed E-state index contributed by atoms with van der Waals surface area (Å²) in [6.07, 6.45) is 2.49. The molecule has 3 aliphatic rings. The molecule has 0 saturated carbocycles. The van der Waals surface area contributed by atoms with Crippen molar-refractivity contribution in [1.82, 2.24) is 4.90 Å². The number of nitrogens with zero attached hydrogens (tertiary/aromatic N) is 1. The van der Waals surface area contributed by atoms with Gasteiger partial charge in [-0.05, 0) is 55.7 Å². The molecule has 1 fully saturated rings. The molecule has 31 heavy (non-hydrogen) atoms. The SMILES string of the molecule is CC1(C)O/C(=C2/C(=O)Nc3ccc(F)cc32)C=C1c1ccc(CN2CCC(O)C2)cc1. The summed E-state index contributed by atoms with van der Waals surface area (Å²) in [4.78, 5) is 14.8.